The predicted molar refractivity (Wildman–Crippen MR) is 103 cm³/mol. The molecule has 23 heavy (non-hydrogen) atoms. The van der Waals surface area contributed by atoms with Crippen LogP contribution in [0.15, 0.2) is 0 Å². The maximum absolute atomic E-state index is 2.83. The zero-order valence-electron chi connectivity index (χ0n) is 16.6. The van der Waals surface area contributed by atoms with Crippen LogP contribution >= 0.6 is 0 Å². The van der Waals surface area contributed by atoms with E-state index < -0.39 is 0 Å². The summed E-state index contributed by atoms with van der Waals surface area (Å²) >= 11 is -0.0489. The molecule has 2 saturated heterocycles. The first kappa shape index (κ1) is 20.0. The van der Waals surface area contributed by atoms with Crippen LogP contribution in [0, 0.1) is 11.3 Å². The van der Waals surface area contributed by atoms with Crippen molar-refractivity contribution < 1.29 is 0 Å². The second kappa shape index (κ2) is 8.40. The van der Waals surface area contributed by atoms with E-state index in [9.17, 15) is 0 Å². The molecule has 2 rings (SSSR count). The van der Waals surface area contributed by atoms with Crippen LogP contribution < -0.4 is 0 Å². The monoisotopic (exact) mass is 428 g/mol. The van der Waals surface area contributed by atoms with Crippen LogP contribution in [0.5, 0.6) is 0 Å². The molecule has 0 amide bonds. The molecule has 0 unspecified atom stereocenters. The molecule has 0 N–H and O–H groups in total. The summed E-state index contributed by atoms with van der Waals surface area (Å²) in [7, 11) is 2.28. The fourth-order valence-electron chi connectivity index (χ4n) is 5.14. The zero-order valence-corrected chi connectivity index (χ0v) is 19.5. The molecule has 0 atom stereocenters. The van der Waals surface area contributed by atoms with Crippen molar-refractivity contribution in [3.63, 3.8) is 0 Å². The molecule has 0 spiro atoms. The first-order chi connectivity index (χ1) is 10.7. The topological polar surface area (TPSA) is 6.48 Å². The summed E-state index contributed by atoms with van der Waals surface area (Å²) in [5.41, 5.74) is 0.844. The number of hydrogen-bond acceptors (Lipinski definition) is 2. The van der Waals surface area contributed by atoms with Crippen LogP contribution in [0.1, 0.15) is 66.7 Å². The Morgan fingerprint density at radius 1 is 0.913 bits per heavy atom. The molecule has 0 aliphatic carbocycles. The normalized spacial score (nSPS) is 24.3. The Bertz CT molecular complexity index is 351. The van der Waals surface area contributed by atoms with Crippen LogP contribution in [0.2, 0.25) is 8.37 Å². The second-order valence-electron chi connectivity index (χ2n) is 9.37. The van der Waals surface area contributed by atoms with E-state index in [4.69, 9.17) is 0 Å². The zero-order chi connectivity index (χ0) is 17.1. The molecule has 2 aliphatic rings. The van der Waals surface area contributed by atoms with Crippen molar-refractivity contribution >= 4 is 21.1 Å². The van der Waals surface area contributed by atoms with Gasteiger partial charge in [-0.2, -0.15) is 0 Å². The van der Waals surface area contributed by atoms with E-state index in [-0.39, 0.29) is 21.1 Å². The van der Waals surface area contributed by atoms with Gasteiger partial charge >= 0.3 is 156 Å². The van der Waals surface area contributed by atoms with E-state index in [1.54, 1.807) is 0 Å². The van der Waals surface area contributed by atoms with Crippen molar-refractivity contribution in [3.8, 4) is 0 Å². The minimum absolute atomic E-state index is 0.0489. The fraction of sp³-hybridized carbons (Fsp3) is 1.00. The van der Waals surface area contributed by atoms with Gasteiger partial charge in [0, 0.05) is 0 Å². The van der Waals surface area contributed by atoms with Crippen LogP contribution in [-0.4, -0.2) is 69.7 Å². The third kappa shape index (κ3) is 5.60. The fourth-order valence-corrected chi connectivity index (χ4v) is 8.69. The molecule has 2 nitrogen and oxygen atoms in total. The van der Waals surface area contributed by atoms with Gasteiger partial charge in [-0.25, -0.2) is 0 Å². The van der Waals surface area contributed by atoms with Gasteiger partial charge in [0.15, 0.2) is 0 Å². The van der Waals surface area contributed by atoms with Crippen molar-refractivity contribution in [1.29, 1.82) is 0 Å². The average molecular weight is 427 g/mol. The number of hydrogen-bond donors (Lipinski definition) is 0. The van der Waals surface area contributed by atoms with Gasteiger partial charge in [0.2, 0.25) is 0 Å². The molecule has 0 aromatic carbocycles. The quantitative estimate of drug-likeness (QED) is 0.574. The van der Waals surface area contributed by atoms with Crippen molar-refractivity contribution in [1.82, 2.24) is 9.80 Å². The Balaban J connectivity index is 1.89. The van der Waals surface area contributed by atoms with Crippen LogP contribution in [0.25, 0.3) is 0 Å². The molecule has 2 radical (unpaired) electrons. The van der Waals surface area contributed by atoms with E-state index in [1.807, 2.05) is 0 Å². The number of rotatable bonds is 6. The van der Waals surface area contributed by atoms with Gasteiger partial charge in [0.1, 0.15) is 0 Å². The van der Waals surface area contributed by atoms with Crippen molar-refractivity contribution in [2.75, 3.05) is 33.2 Å². The summed E-state index contributed by atoms with van der Waals surface area (Å²) in [6.07, 6.45) is 7.14. The Morgan fingerprint density at radius 2 is 1.48 bits per heavy atom. The summed E-state index contributed by atoms with van der Waals surface area (Å²) in [5, 5.41) is 0. The molecule has 0 aromatic rings. The summed E-state index contributed by atoms with van der Waals surface area (Å²) in [6, 6.07) is 0. The van der Waals surface area contributed by atoms with E-state index in [0.29, 0.717) is 11.0 Å². The number of nitrogens with zero attached hydrogens (tertiary/aromatic N) is 2. The molecule has 0 saturated carbocycles. The van der Waals surface area contributed by atoms with E-state index in [2.05, 4.69) is 51.5 Å². The van der Waals surface area contributed by atoms with Gasteiger partial charge in [0.25, 0.3) is 0 Å². The molecule has 0 aromatic heterocycles. The SMILES string of the molecule is C[CH2][Sn][CH]1CCN(C(C)(C)CC(C)(C)C2CCN(C)CC2)CC1. The Labute approximate surface area is 156 Å². The van der Waals surface area contributed by atoms with Gasteiger partial charge < -0.3 is 0 Å². The predicted octanol–water partition coefficient (Wildman–Crippen LogP) is 4.55. The van der Waals surface area contributed by atoms with E-state index in [1.165, 1.54) is 62.7 Å². The number of likely N-dealkylation sites (tertiary alicyclic amines) is 2. The van der Waals surface area contributed by atoms with Crippen LogP contribution in [-0.2, 0) is 0 Å². The van der Waals surface area contributed by atoms with Gasteiger partial charge in [-0.05, 0) is 0 Å². The molecule has 2 heterocycles. The van der Waals surface area contributed by atoms with Gasteiger partial charge in [-0.15, -0.1) is 0 Å². The van der Waals surface area contributed by atoms with E-state index in [0.717, 1.165) is 9.85 Å². The first-order valence-corrected chi connectivity index (χ1v) is 13.6. The van der Waals surface area contributed by atoms with Crippen molar-refractivity contribution in [2.24, 2.45) is 11.3 Å². The second-order valence-corrected chi connectivity index (χ2v) is 14.9. The Morgan fingerprint density at radius 3 is 2.00 bits per heavy atom. The summed E-state index contributed by atoms with van der Waals surface area (Å²) < 4.78 is 2.69. The standard InChI is InChI=1S/C18H35N2.C2H5.Sn/c1-17(2,16-9-13-19(5)14-10-16)15-18(3,4)20-11-7-6-8-12-20;1-2;/h6,16H,7-15H2,1-5H3;1H2,2H3;. The van der Waals surface area contributed by atoms with Crippen molar-refractivity contribution in [2.45, 2.75) is 80.6 Å². The van der Waals surface area contributed by atoms with Crippen LogP contribution in [0.3, 0.4) is 0 Å². The first-order valence-electron chi connectivity index (χ1n) is 9.91. The summed E-state index contributed by atoms with van der Waals surface area (Å²) in [6.45, 7) is 17.8. The number of piperidine rings is 2. The third-order valence-corrected chi connectivity index (χ3v) is 11.0. The minimum atomic E-state index is -0.0489. The average Bonchev–Trinajstić information content (AvgIpc) is 2.47. The summed E-state index contributed by atoms with van der Waals surface area (Å²) in [4.78, 5) is 5.33. The van der Waals surface area contributed by atoms with E-state index >= 15 is 0 Å². The molecule has 3 heteroatoms. The van der Waals surface area contributed by atoms with Crippen LogP contribution in [0.4, 0.5) is 0 Å². The molecular weight excluding hydrogens is 387 g/mol. The van der Waals surface area contributed by atoms with Crippen molar-refractivity contribution in [3.05, 3.63) is 0 Å². The molecule has 2 aliphatic heterocycles. The Hall–Kier alpha value is 0.719. The van der Waals surface area contributed by atoms with Gasteiger partial charge in [-0.3, -0.25) is 0 Å². The molecule has 0 bridgehead atoms. The maximum atomic E-state index is 2.83. The molecule has 134 valence electrons. The molecule has 2 fully saturated rings. The Kier molecular flexibility index (Phi) is 7.32. The van der Waals surface area contributed by atoms with Gasteiger partial charge in [-0.1, -0.05) is 0 Å². The third-order valence-electron chi connectivity index (χ3n) is 6.56. The summed E-state index contributed by atoms with van der Waals surface area (Å²) in [5.74, 6) is 0.907. The van der Waals surface area contributed by atoms with Gasteiger partial charge in [0.05, 0.1) is 0 Å². The molecular formula is C20H40N2Sn.